The fourth-order valence-electron chi connectivity index (χ4n) is 3.37. The summed E-state index contributed by atoms with van der Waals surface area (Å²) in [5, 5.41) is 19.3. The van der Waals surface area contributed by atoms with Gasteiger partial charge in [-0.15, -0.1) is 0 Å². The summed E-state index contributed by atoms with van der Waals surface area (Å²) >= 11 is 6.15. The van der Waals surface area contributed by atoms with Crippen LogP contribution in [0.25, 0.3) is 22.0 Å². The fraction of sp³-hybridized carbons (Fsp3) is 0.0833. The third-order valence-corrected chi connectivity index (χ3v) is 5.16. The summed E-state index contributed by atoms with van der Waals surface area (Å²) in [6.45, 7) is 0.397. The van der Waals surface area contributed by atoms with Gasteiger partial charge in [0.05, 0.1) is 34.9 Å². The van der Waals surface area contributed by atoms with Crippen LogP contribution in [-0.4, -0.2) is 27.2 Å². The molecule has 158 valence electrons. The van der Waals surface area contributed by atoms with Crippen LogP contribution in [0, 0.1) is 11.3 Å². The molecule has 4 rings (SSSR count). The van der Waals surface area contributed by atoms with Crippen LogP contribution in [-0.2, 0) is 6.54 Å². The Hall–Kier alpha value is -4.15. The molecule has 0 aliphatic carbocycles. The van der Waals surface area contributed by atoms with Crippen LogP contribution in [0.2, 0.25) is 5.02 Å². The van der Waals surface area contributed by atoms with Crippen molar-refractivity contribution >= 4 is 28.5 Å². The Kier molecular flexibility index (Phi) is 5.88. The molecule has 0 aliphatic rings. The fourth-order valence-corrected chi connectivity index (χ4v) is 3.54. The summed E-state index contributed by atoms with van der Waals surface area (Å²) in [6.07, 6.45) is 1.40. The molecule has 32 heavy (non-hydrogen) atoms. The summed E-state index contributed by atoms with van der Waals surface area (Å²) < 4.78 is 7.34. The van der Waals surface area contributed by atoms with Crippen molar-refractivity contribution in [1.29, 1.82) is 5.26 Å². The first kappa shape index (κ1) is 21.1. The van der Waals surface area contributed by atoms with Gasteiger partial charge in [-0.1, -0.05) is 29.8 Å². The van der Waals surface area contributed by atoms with E-state index in [4.69, 9.17) is 16.3 Å². The van der Waals surface area contributed by atoms with E-state index in [1.165, 1.54) is 17.0 Å². The second kappa shape index (κ2) is 8.92. The minimum Gasteiger partial charge on any atom is -0.491 e. The van der Waals surface area contributed by atoms with E-state index in [1.54, 1.807) is 54.6 Å². The Labute approximate surface area is 187 Å². The topological polar surface area (TPSA) is 105 Å². The molecule has 0 unspecified atom stereocenters. The van der Waals surface area contributed by atoms with Crippen molar-refractivity contribution in [3.05, 3.63) is 93.5 Å². The van der Waals surface area contributed by atoms with Gasteiger partial charge < -0.3 is 9.84 Å². The highest BCUT2D eigenvalue weighted by Gasteiger charge is 2.12. The van der Waals surface area contributed by atoms with E-state index < -0.39 is 5.97 Å². The number of hydrogen-bond donors (Lipinski definition) is 1. The highest BCUT2D eigenvalue weighted by Crippen LogP contribution is 2.33. The van der Waals surface area contributed by atoms with E-state index in [0.717, 1.165) is 0 Å². The molecule has 3 aromatic carbocycles. The van der Waals surface area contributed by atoms with Crippen LogP contribution < -0.4 is 10.3 Å². The number of carboxylic acids is 1. The van der Waals surface area contributed by atoms with Crippen LogP contribution in [0.15, 0.2) is 71.8 Å². The van der Waals surface area contributed by atoms with E-state index in [0.29, 0.717) is 38.4 Å². The molecule has 0 spiro atoms. The van der Waals surface area contributed by atoms with Crippen LogP contribution in [0.3, 0.4) is 0 Å². The van der Waals surface area contributed by atoms with Gasteiger partial charge in [0.2, 0.25) is 0 Å². The van der Waals surface area contributed by atoms with Gasteiger partial charge in [-0.05, 0) is 48.0 Å². The zero-order valence-corrected chi connectivity index (χ0v) is 17.4. The predicted molar refractivity (Wildman–Crippen MR) is 120 cm³/mol. The number of fused-ring (bicyclic) bond motifs is 1. The number of aromatic nitrogens is 2. The molecule has 8 heteroatoms. The average Bonchev–Trinajstić information content (AvgIpc) is 2.81. The highest BCUT2D eigenvalue weighted by atomic mass is 35.5. The summed E-state index contributed by atoms with van der Waals surface area (Å²) in [5.41, 5.74) is 1.90. The molecule has 0 bridgehead atoms. The Balaban J connectivity index is 1.59. The first-order valence-corrected chi connectivity index (χ1v) is 10.00. The van der Waals surface area contributed by atoms with Crippen molar-refractivity contribution < 1.29 is 14.6 Å². The predicted octanol–water partition coefficient (Wildman–Crippen LogP) is 4.37. The lowest BCUT2D eigenvalue weighted by Gasteiger charge is -2.14. The number of carboxylic acid groups (broad SMARTS) is 1. The molecule has 0 atom stereocenters. The van der Waals surface area contributed by atoms with Crippen LogP contribution in [0.4, 0.5) is 0 Å². The molecule has 0 radical (unpaired) electrons. The summed E-state index contributed by atoms with van der Waals surface area (Å²) in [4.78, 5) is 28.3. The minimum atomic E-state index is -1.03. The zero-order chi connectivity index (χ0) is 22.7. The van der Waals surface area contributed by atoms with Gasteiger partial charge in [0.25, 0.3) is 5.56 Å². The zero-order valence-electron chi connectivity index (χ0n) is 16.7. The van der Waals surface area contributed by atoms with Gasteiger partial charge in [0, 0.05) is 10.6 Å². The summed E-state index contributed by atoms with van der Waals surface area (Å²) in [7, 11) is 0. The molecule has 1 N–H and O–H groups in total. The molecule has 0 saturated heterocycles. The molecule has 0 aliphatic heterocycles. The number of ether oxygens (including phenoxy) is 1. The number of nitrogens with zero attached hydrogens (tertiary/aromatic N) is 3. The molecular weight excluding hydrogens is 430 g/mol. The number of carbonyl (C=O) groups is 1. The molecule has 7 nitrogen and oxygen atoms in total. The van der Waals surface area contributed by atoms with Gasteiger partial charge in [-0.25, -0.2) is 9.78 Å². The normalized spacial score (nSPS) is 10.6. The largest absolute Gasteiger partial charge is 0.491 e. The first-order valence-electron chi connectivity index (χ1n) is 9.62. The van der Waals surface area contributed by atoms with Crippen molar-refractivity contribution in [2.45, 2.75) is 6.54 Å². The molecule has 0 amide bonds. The first-order chi connectivity index (χ1) is 15.5. The maximum absolute atomic E-state index is 12.8. The Morgan fingerprint density at radius 2 is 1.97 bits per heavy atom. The highest BCUT2D eigenvalue weighted by molar-refractivity contribution is 6.31. The van der Waals surface area contributed by atoms with E-state index in [9.17, 15) is 20.0 Å². The Bertz CT molecular complexity index is 1440. The third kappa shape index (κ3) is 4.17. The third-order valence-electron chi connectivity index (χ3n) is 4.93. The summed E-state index contributed by atoms with van der Waals surface area (Å²) in [6, 6.07) is 18.5. The van der Waals surface area contributed by atoms with E-state index in [2.05, 4.69) is 4.98 Å². The minimum absolute atomic E-state index is 0.152. The molecule has 1 aromatic heterocycles. The standard InChI is InChI=1S/C24H16ClN3O4/c25-18-7-8-21(20(12-18)15-3-1-4-16(11-15)24(30)31)32-10-9-28-14-27-22-17(13-26)5-2-6-19(22)23(28)29/h1-8,11-12,14H,9-10H2,(H,30,31). The van der Waals surface area contributed by atoms with Crippen molar-refractivity contribution in [2.24, 2.45) is 0 Å². The van der Waals surface area contributed by atoms with Gasteiger partial charge in [0.1, 0.15) is 18.4 Å². The van der Waals surface area contributed by atoms with Crippen molar-refractivity contribution in [3.63, 3.8) is 0 Å². The second-order valence-corrected chi connectivity index (χ2v) is 7.37. The molecule has 4 aromatic rings. The van der Waals surface area contributed by atoms with Crippen LogP contribution in [0.5, 0.6) is 5.75 Å². The van der Waals surface area contributed by atoms with E-state index in [-0.39, 0.29) is 24.3 Å². The lowest BCUT2D eigenvalue weighted by molar-refractivity contribution is 0.0697. The maximum atomic E-state index is 12.8. The molecule has 1 heterocycles. The van der Waals surface area contributed by atoms with Crippen molar-refractivity contribution in [1.82, 2.24) is 9.55 Å². The lowest BCUT2D eigenvalue weighted by atomic mass is 10.0. The summed E-state index contributed by atoms with van der Waals surface area (Å²) in [5.74, 6) is -0.524. The number of hydrogen-bond acceptors (Lipinski definition) is 5. The SMILES string of the molecule is N#Cc1cccc2c(=O)n(CCOc3ccc(Cl)cc3-c3cccc(C(=O)O)c3)cnc12. The molecule has 0 fully saturated rings. The van der Waals surface area contributed by atoms with E-state index >= 15 is 0 Å². The van der Waals surface area contributed by atoms with Crippen LogP contribution in [0.1, 0.15) is 15.9 Å². The van der Waals surface area contributed by atoms with E-state index in [1.807, 2.05) is 6.07 Å². The second-order valence-electron chi connectivity index (χ2n) is 6.93. The number of rotatable bonds is 6. The van der Waals surface area contributed by atoms with Crippen molar-refractivity contribution in [3.8, 4) is 22.9 Å². The van der Waals surface area contributed by atoms with Gasteiger partial charge >= 0.3 is 5.97 Å². The monoisotopic (exact) mass is 445 g/mol. The Morgan fingerprint density at radius 1 is 1.16 bits per heavy atom. The number of halogens is 1. The van der Waals surface area contributed by atoms with Gasteiger partial charge in [-0.3, -0.25) is 9.36 Å². The number of nitriles is 1. The quantitative estimate of drug-likeness (QED) is 0.472. The molecular formula is C24H16ClN3O4. The van der Waals surface area contributed by atoms with Gasteiger partial charge in [-0.2, -0.15) is 5.26 Å². The lowest BCUT2D eigenvalue weighted by Crippen LogP contribution is -2.23. The maximum Gasteiger partial charge on any atom is 0.335 e. The average molecular weight is 446 g/mol. The Morgan fingerprint density at radius 3 is 2.75 bits per heavy atom. The number of para-hydroxylation sites is 1. The number of aromatic carboxylic acids is 1. The van der Waals surface area contributed by atoms with Crippen molar-refractivity contribution in [2.75, 3.05) is 6.61 Å². The number of benzene rings is 3. The van der Waals surface area contributed by atoms with Gasteiger partial charge in [0.15, 0.2) is 0 Å². The molecule has 0 saturated carbocycles. The van der Waals surface area contributed by atoms with Crippen LogP contribution >= 0.6 is 11.6 Å². The smallest absolute Gasteiger partial charge is 0.335 e.